The standard InChI is InChI=1S/C14H21NO4S/c1-11-12(9-16)5-3-6-13(11)20(17,18)15-10-14(19-2)7-4-8-14/h3,5-6,15-16H,4,7-10H2,1-2H3. The smallest absolute Gasteiger partial charge is 0.240 e. The monoisotopic (exact) mass is 299 g/mol. The zero-order valence-electron chi connectivity index (χ0n) is 11.8. The maximum Gasteiger partial charge on any atom is 0.240 e. The molecule has 5 nitrogen and oxygen atoms in total. The van der Waals surface area contributed by atoms with Crippen molar-refractivity contribution in [1.82, 2.24) is 4.72 Å². The fraction of sp³-hybridized carbons (Fsp3) is 0.571. The Morgan fingerprint density at radius 3 is 2.60 bits per heavy atom. The van der Waals surface area contributed by atoms with E-state index >= 15 is 0 Å². The maximum absolute atomic E-state index is 12.4. The molecule has 0 saturated heterocycles. The Kier molecular flexibility index (Phi) is 4.49. The van der Waals surface area contributed by atoms with Gasteiger partial charge in [0.15, 0.2) is 0 Å². The van der Waals surface area contributed by atoms with Gasteiger partial charge in [-0.1, -0.05) is 12.1 Å². The number of benzene rings is 1. The fourth-order valence-electron chi connectivity index (χ4n) is 2.45. The van der Waals surface area contributed by atoms with E-state index in [-0.39, 0.29) is 23.6 Å². The Morgan fingerprint density at radius 1 is 1.40 bits per heavy atom. The van der Waals surface area contributed by atoms with Crippen LogP contribution in [0.4, 0.5) is 0 Å². The molecule has 1 aromatic rings. The van der Waals surface area contributed by atoms with Crippen LogP contribution in [0.1, 0.15) is 30.4 Å². The minimum Gasteiger partial charge on any atom is -0.392 e. The minimum atomic E-state index is -3.58. The molecule has 1 aromatic carbocycles. The highest BCUT2D eigenvalue weighted by molar-refractivity contribution is 7.89. The average molecular weight is 299 g/mol. The zero-order chi connectivity index (χ0) is 14.8. The van der Waals surface area contributed by atoms with Crippen molar-refractivity contribution < 1.29 is 18.3 Å². The van der Waals surface area contributed by atoms with Crippen molar-refractivity contribution in [2.24, 2.45) is 0 Å². The van der Waals surface area contributed by atoms with Gasteiger partial charge in [0.25, 0.3) is 0 Å². The van der Waals surface area contributed by atoms with Gasteiger partial charge in [-0.2, -0.15) is 0 Å². The zero-order valence-corrected chi connectivity index (χ0v) is 12.7. The number of hydrogen-bond acceptors (Lipinski definition) is 4. The molecular formula is C14H21NO4S. The maximum atomic E-state index is 12.4. The second-order valence-electron chi connectivity index (χ2n) is 5.26. The molecule has 20 heavy (non-hydrogen) atoms. The highest BCUT2D eigenvalue weighted by Gasteiger charge is 2.38. The summed E-state index contributed by atoms with van der Waals surface area (Å²) in [7, 11) is -1.97. The van der Waals surface area contributed by atoms with Crippen LogP contribution in [-0.2, 0) is 21.4 Å². The first-order valence-corrected chi connectivity index (χ1v) is 8.17. The van der Waals surface area contributed by atoms with E-state index in [9.17, 15) is 13.5 Å². The molecule has 1 saturated carbocycles. The van der Waals surface area contributed by atoms with E-state index < -0.39 is 10.0 Å². The summed E-state index contributed by atoms with van der Waals surface area (Å²) in [6.45, 7) is 1.82. The third kappa shape index (κ3) is 2.88. The predicted octanol–water partition coefficient (Wildman–Crippen LogP) is 1.33. The van der Waals surface area contributed by atoms with Crippen molar-refractivity contribution in [3.8, 4) is 0 Å². The molecule has 6 heteroatoms. The summed E-state index contributed by atoms with van der Waals surface area (Å²) in [4.78, 5) is 0.217. The van der Waals surface area contributed by atoms with Crippen LogP contribution in [0.5, 0.6) is 0 Å². The first-order valence-electron chi connectivity index (χ1n) is 6.68. The fourth-order valence-corrected chi connectivity index (χ4v) is 3.85. The predicted molar refractivity (Wildman–Crippen MR) is 75.9 cm³/mol. The number of hydrogen-bond donors (Lipinski definition) is 2. The molecule has 0 atom stereocenters. The van der Waals surface area contributed by atoms with Crippen LogP contribution in [0, 0.1) is 6.92 Å². The third-order valence-electron chi connectivity index (χ3n) is 4.14. The van der Waals surface area contributed by atoms with E-state index in [0.717, 1.165) is 19.3 Å². The summed E-state index contributed by atoms with van der Waals surface area (Å²) in [5.74, 6) is 0. The summed E-state index contributed by atoms with van der Waals surface area (Å²) < 4.78 is 32.8. The van der Waals surface area contributed by atoms with Crippen molar-refractivity contribution in [2.75, 3.05) is 13.7 Å². The van der Waals surface area contributed by atoms with Crippen molar-refractivity contribution in [3.63, 3.8) is 0 Å². The van der Waals surface area contributed by atoms with Gasteiger partial charge in [0.2, 0.25) is 10.0 Å². The highest BCUT2D eigenvalue weighted by Crippen LogP contribution is 2.34. The quantitative estimate of drug-likeness (QED) is 0.831. The van der Waals surface area contributed by atoms with Crippen LogP contribution in [0.15, 0.2) is 23.1 Å². The van der Waals surface area contributed by atoms with Gasteiger partial charge in [-0.05, 0) is 43.4 Å². The Bertz CT molecular complexity index is 573. The molecule has 0 radical (unpaired) electrons. The molecule has 112 valence electrons. The topological polar surface area (TPSA) is 75.6 Å². The van der Waals surface area contributed by atoms with Gasteiger partial charge in [0.1, 0.15) is 0 Å². The summed E-state index contributed by atoms with van der Waals surface area (Å²) in [6.07, 6.45) is 2.82. The second-order valence-corrected chi connectivity index (χ2v) is 7.00. The molecule has 2 rings (SSSR count). The Labute approximate surface area is 120 Å². The molecular weight excluding hydrogens is 278 g/mol. The summed E-state index contributed by atoms with van der Waals surface area (Å²) in [6, 6.07) is 4.91. The van der Waals surface area contributed by atoms with Crippen molar-refractivity contribution in [2.45, 2.75) is 43.3 Å². The first-order chi connectivity index (χ1) is 9.44. The number of aliphatic hydroxyl groups is 1. The Hall–Kier alpha value is -0.950. The highest BCUT2D eigenvalue weighted by atomic mass is 32.2. The molecule has 2 N–H and O–H groups in total. The molecule has 0 spiro atoms. The lowest BCUT2D eigenvalue weighted by molar-refractivity contribution is -0.0659. The van der Waals surface area contributed by atoms with Crippen LogP contribution in [-0.4, -0.2) is 32.8 Å². The van der Waals surface area contributed by atoms with Crippen LogP contribution in [0.2, 0.25) is 0 Å². The number of methoxy groups -OCH3 is 1. The first kappa shape index (κ1) is 15.4. The molecule has 1 fully saturated rings. The molecule has 1 aliphatic rings. The minimum absolute atomic E-state index is 0.169. The van der Waals surface area contributed by atoms with Gasteiger partial charge in [0, 0.05) is 13.7 Å². The third-order valence-corrected chi connectivity index (χ3v) is 5.68. The van der Waals surface area contributed by atoms with Crippen LogP contribution >= 0.6 is 0 Å². The lowest BCUT2D eigenvalue weighted by Crippen LogP contribution is -2.49. The molecule has 0 unspecified atom stereocenters. The molecule has 1 aliphatic carbocycles. The van der Waals surface area contributed by atoms with Crippen LogP contribution in [0.3, 0.4) is 0 Å². The van der Waals surface area contributed by atoms with Crippen molar-refractivity contribution in [3.05, 3.63) is 29.3 Å². The normalized spacial score (nSPS) is 17.8. The van der Waals surface area contributed by atoms with Crippen LogP contribution < -0.4 is 4.72 Å². The van der Waals surface area contributed by atoms with E-state index in [0.29, 0.717) is 11.1 Å². The number of aliphatic hydroxyl groups excluding tert-OH is 1. The lowest BCUT2D eigenvalue weighted by atomic mass is 9.80. The number of ether oxygens (including phenoxy) is 1. The number of rotatable bonds is 6. The van der Waals surface area contributed by atoms with Gasteiger partial charge in [-0.3, -0.25) is 0 Å². The Balaban J connectivity index is 2.18. The Morgan fingerprint density at radius 2 is 2.10 bits per heavy atom. The van der Waals surface area contributed by atoms with E-state index in [1.165, 1.54) is 0 Å². The molecule has 0 aliphatic heterocycles. The van der Waals surface area contributed by atoms with Crippen LogP contribution in [0.25, 0.3) is 0 Å². The second kappa shape index (κ2) is 5.81. The van der Waals surface area contributed by atoms with E-state index in [1.54, 1.807) is 32.2 Å². The van der Waals surface area contributed by atoms with Gasteiger partial charge in [-0.25, -0.2) is 13.1 Å². The van der Waals surface area contributed by atoms with E-state index in [1.807, 2.05) is 0 Å². The lowest BCUT2D eigenvalue weighted by Gasteiger charge is -2.40. The van der Waals surface area contributed by atoms with E-state index in [2.05, 4.69) is 4.72 Å². The van der Waals surface area contributed by atoms with Gasteiger partial charge in [0.05, 0.1) is 17.1 Å². The van der Waals surface area contributed by atoms with Gasteiger partial charge >= 0.3 is 0 Å². The molecule has 0 bridgehead atoms. The summed E-state index contributed by atoms with van der Waals surface area (Å²) in [5.41, 5.74) is 0.857. The van der Waals surface area contributed by atoms with E-state index in [4.69, 9.17) is 4.74 Å². The average Bonchev–Trinajstić information content (AvgIpc) is 2.38. The van der Waals surface area contributed by atoms with Crippen molar-refractivity contribution in [1.29, 1.82) is 0 Å². The molecule has 0 heterocycles. The largest absolute Gasteiger partial charge is 0.392 e. The van der Waals surface area contributed by atoms with Gasteiger partial charge < -0.3 is 9.84 Å². The molecule has 0 amide bonds. The van der Waals surface area contributed by atoms with Crippen molar-refractivity contribution >= 4 is 10.0 Å². The summed E-state index contributed by atoms with van der Waals surface area (Å²) >= 11 is 0. The van der Waals surface area contributed by atoms with Gasteiger partial charge in [-0.15, -0.1) is 0 Å². The SMILES string of the molecule is COC1(CNS(=O)(=O)c2cccc(CO)c2C)CCC1. The summed E-state index contributed by atoms with van der Waals surface area (Å²) in [5, 5.41) is 9.22. The number of sulfonamides is 1. The number of nitrogens with one attached hydrogen (secondary N) is 1. The molecule has 0 aromatic heterocycles.